The topological polar surface area (TPSA) is 113 Å². The molecule has 1 aliphatic heterocycles. The number of carbonyl (C=O) groups is 4. The third-order valence-electron chi connectivity index (χ3n) is 4.42. The summed E-state index contributed by atoms with van der Waals surface area (Å²) in [6.07, 6.45) is 0. The van der Waals surface area contributed by atoms with E-state index in [-0.39, 0.29) is 17.4 Å². The van der Waals surface area contributed by atoms with Gasteiger partial charge >= 0.3 is 6.03 Å². The van der Waals surface area contributed by atoms with Gasteiger partial charge in [0.25, 0.3) is 11.8 Å². The van der Waals surface area contributed by atoms with Crippen LogP contribution in [0.4, 0.5) is 21.9 Å². The lowest BCUT2D eigenvalue weighted by Crippen LogP contribution is -2.38. The van der Waals surface area contributed by atoms with Gasteiger partial charge in [0.1, 0.15) is 0 Å². The van der Waals surface area contributed by atoms with Crippen molar-refractivity contribution < 1.29 is 19.2 Å². The van der Waals surface area contributed by atoms with Gasteiger partial charge in [-0.3, -0.25) is 19.3 Å². The number of carbonyl (C=O) groups excluding carboxylic acids is 4. The van der Waals surface area contributed by atoms with Crippen LogP contribution in [0.5, 0.6) is 0 Å². The Morgan fingerprint density at radius 2 is 1.76 bits per heavy atom. The first-order valence-electron chi connectivity index (χ1n) is 9.16. The van der Waals surface area contributed by atoms with Gasteiger partial charge in [-0.05, 0) is 42.3 Å². The van der Waals surface area contributed by atoms with Crippen molar-refractivity contribution in [3.05, 3.63) is 53.6 Å². The predicted octanol–water partition coefficient (Wildman–Crippen LogP) is 3.11. The molecule has 150 valence electrons. The van der Waals surface area contributed by atoms with E-state index in [1.54, 1.807) is 18.2 Å². The molecular formula is C21H22N4O4. The average Bonchev–Trinajstić information content (AvgIpc) is 2.86. The van der Waals surface area contributed by atoms with Crippen LogP contribution < -0.4 is 16.0 Å². The molecule has 1 aliphatic rings. The molecule has 3 N–H and O–H groups in total. The number of nitrogens with two attached hydrogens (primary N) is 1. The molecule has 0 spiro atoms. The lowest BCUT2D eigenvalue weighted by Gasteiger charge is -2.20. The van der Waals surface area contributed by atoms with E-state index in [0.717, 1.165) is 4.90 Å². The monoisotopic (exact) mass is 394 g/mol. The smallest absolute Gasteiger partial charge is 0.333 e. The molecule has 0 aromatic heterocycles. The molecule has 0 saturated carbocycles. The highest BCUT2D eigenvalue weighted by molar-refractivity contribution is 6.22. The Labute approximate surface area is 168 Å². The number of nitrogens with one attached hydrogen (secondary N) is 1. The molecular weight excluding hydrogens is 372 g/mol. The van der Waals surface area contributed by atoms with E-state index >= 15 is 0 Å². The molecule has 0 radical (unpaired) electrons. The van der Waals surface area contributed by atoms with Crippen LogP contribution in [0.1, 0.15) is 41.5 Å². The van der Waals surface area contributed by atoms with Gasteiger partial charge in [-0.1, -0.05) is 19.9 Å². The molecule has 2 aromatic carbocycles. The van der Waals surface area contributed by atoms with Crippen molar-refractivity contribution in [3.8, 4) is 0 Å². The third-order valence-corrected chi connectivity index (χ3v) is 4.42. The molecule has 2 aromatic rings. The average molecular weight is 394 g/mol. The van der Waals surface area contributed by atoms with Gasteiger partial charge < -0.3 is 11.1 Å². The number of amides is 5. The number of urea groups is 1. The molecule has 0 bridgehead atoms. The van der Waals surface area contributed by atoms with Gasteiger partial charge in [0.15, 0.2) is 0 Å². The maximum Gasteiger partial charge on any atom is 0.333 e. The summed E-state index contributed by atoms with van der Waals surface area (Å²) in [5.41, 5.74) is 7.31. The molecule has 29 heavy (non-hydrogen) atoms. The summed E-state index contributed by atoms with van der Waals surface area (Å²) < 4.78 is 0. The van der Waals surface area contributed by atoms with Crippen LogP contribution in [0, 0.1) is 5.92 Å². The number of nitrogens with zero attached hydrogens (tertiary/aromatic N) is 2. The summed E-state index contributed by atoms with van der Waals surface area (Å²) in [6.45, 7) is 5.42. The van der Waals surface area contributed by atoms with E-state index in [4.69, 9.17) is 5.73 Å². The molecule has 0 atom stereocenters. The highest BCUT2D eigenvalue weighted by Crippen LogP contribution is 2.27. The minimum atomic E-state index is -0.696. The largest absolute Gasteiger partial charge is 0.399 e. The molecule has 5 amide bonds. The maximum absolute atomic E-state index is 12.7. The van der Waals surface area contributed by atoms with Crippen molar-refractivity contribution in [2.75, 3.05) is 22.5 Å². The van der Waals surface area contributed by atoms with Gasteiger partial charge in [-0.25, -0.2) is 9.69 Å². The summed E-state index contributed by atoms with van der Waals surface area (Å²) in [4.78, 5) is 51.9. The van der Waals surface area contributed by atoms with Gasteiger partial charge in [0.05, 0.1) is 16.8 Å². The minimum Gasteiger partial charge on any atom is -0.399 e. The number of imide groups is 2. The molecule has 8 nitrogen and oxygen atoms in total. The number of fused-ring (bicyclic) bond motifs is 1. The Bertz CT molecular complexity index is 1020. The lowest BCUT2D eigenvalue weighted by molar-refractivity contribution is -0.115. The van der Waals surface area contributed by atoms with E-state index in [9.17, 15) is 19.2 Å². The van der Waals surface area contributed by atoms with Crippen molar-refractivity contribution >= 4 is 40.8 Å². The second kappa shape index (κ2) is 7.75. The van der Waals surface area contributed by atoms with Crippen LogP contribution in [0.25, 0.3) is 0 Å². The Hall–Kier alpha value is -3.68. The fraction of sp³-hybridized carbons (Fsp3) is 0.238. The van der Waals surface area contributed by atoms with Gasteiger partial charge in [-0.15, -0.1) is 0 Å². The molecule has 0 unspecified atom stereocenters. The van der Waals surface area contributed by atoms with Crippen LogP contribution >= 0.6 is 0 Å². The molecule has 1 heterocycles. The van der Waals surface area contributed by atoms with Gasteiger partial charge in [-0.2, -0.15) is 0 Å². The second-order valence-corrected chi connectivity index (χ2v) is 7.25. The summed E-state index contributed by atoms with van der Waals surface area (Å²) in [7, 11) is 0. The molecule has 8 heteroatoms. The second-order valence-electron chi connectivity index (χ2n) is 7.25. The van der Waals surface area contributed by atoms with Crippen molar-refractivity contribution in [2.24, 2.45) is 5.92 Å². The van der Waals surface area contributed by atoms with E-state index in [1.807, 2.05) is 13.8 Å². The SMILES string of the molecule is CC(=O)N(C(=O)Nc1ccc2c(c1)C(=O)N(CC(C)C)C2=O)c1cccc(N)c1. The van der Waals surface area contributed by atoms with Gasteiger partial charge in [0, 0.05) is 24.8 Å². The summed E-state index contributed by atoms with van der Waals surface area (Å²) in [5.74, 6) is -1.10. The summed E-state index contributed by atoms with van der Waals surface area (Å²) in [5, 5.41) is 2.61. The first-order chi connectivity index (χ1) is 13.7. The number of rotatable bonds is 4. The van der Waals surface area contributed by atoms with Crippen LogP contribution in [0.2, 0.25) is 0 Å². The summed E-state index contributed by atoms with van der Waals surface area (Å²) in [6, 6.07) is 10.2. The van der Waals surface area contributed by atoms with Crippen LogP contribution in [0.15, 0.2) is 42.5 Å². The third kappa shape index (κ3) is 3.96. The highest BCUT2D eigenvalue weighted by Gasteiger charge is 2.36. The zero-order valence-corrected chi connectivity index (χ0v) is 16.4. The van der Waals surface area contributed by atoms with E-state index in [0.29, 0.717) is 29.2 Å². The summed E-state index contributed by atoms with van der Waals surface area (Å²) >= 11 is 0. The standard InChI is InChI=1S/C21H22N4O4/c1-12(2)11-24-19(27)17-8-7-15(10-18(17)20(24)28)23-21(29)25(13(3)26)16-6-4-5-14(22)9-16/h4-10,12H,11,22H2,1-3H3,(H,23,29). The normalized spacial score (nSPS) is 12.9. The lowest BCUT2D eigenvalue weighted by atomic mass is 10.1. The van der Waals surface area contributed by atoms with E-state index in [1.165, 1.54) is 36.1 Å². The zero-order valence-electron chi connectivity index (χ0n) is 16.4. The van der Waals surface area contributed by atoms with Crippen molar-refractivity contribution in [1.82, 2.24) is 4.90 Å². The Morgan fingerprint density at radius 1 is 1.07 bits per heavy atom. The number of hydrogen-bond donors (Lipinski definition) is 2. The van der Waals surface area contributed by atoms with Crippen molar-refractivity contribution in [3.63, 3.8) is 0 Å². The minimum absolute atomic E-state index is 0.138. The fourth-order valence-corrected chi connectivity index (χ4v) is 3.18. The first kappa shape index (κ1) is 20.1. The Morgan fingerprint density at radius 3 is 2.38 bits per heavy atom. The molecule has 0 fully saturated rings. The van der Waals surface area contributed by atoms with Crippen molar-refractivity contribution in [1.29, 1.82) is 0 Å². The number of anilines is 3. The Kier molecular flexibility index (Phi) is 5.36. The number of hydrogen-bond acceptors (Lipinski definition) is 5. The number of nitrogen functional groups attached to an aromatic ring is 1. The quantitative estimate of drug-likeness (QED) is 0.611. The number of benzene rings is 2. The van der Waals surface area contributed by atoms with Crippen molar-refractivity contribution in [2.45, 2.75) is 20.8 Å². The first-order valence-corrected chi connectivity index (χ1v) is 9.16. The molecule has 3 rings (SSSR count). The highest BCUT2D eigenvalue weighted by atomic mass is 16.2. The van der Waals surface area contributed by atoms with Crippen LogP contribution in [-0.4, -0.2) is 35.2 Å². The molecule has 0 saturated heterocycles. The predicted molar refractivity (Wildman–Crippen MR) is 110 cm³/mol. The van der Waals surface area contributed by atoms with E-state index in [2.05, 4.69) is 5.32 Å². The maximum atomic E-state index is 12.7. The van der Waals surface area contributed by atoms with Crippen LogP contribution in [-0.2, 0) is 4.79 Å². The fourth-order valence-electron chi connectivity index (χ4n) is 3.18. The zero-order chi connectivity index (χ0) is 21.3. The molecule has 0 aliphatic carbocycles. The Balaban J connectivity index is 1.85. The van der Waals surface area contributed by atoms with Gasteiger partial charge in [0.2, 0.25) is 5.91 Å². The van der Waals surface area contributed by atoms with Crippen LogP contribution in [0.3, 0.4) is 0 Å². The van der Waals surface area contributed by atoms with E-state index < -0.39 is 17.8 Å².